The second kappa shape index (κ2) is 10.3. The largest absolute Gasteiger partial charge is 0.497 e. The number of carbonyl (C=O) groups is 1. The standard InChI is InChI=1S/C25H18ClF4N3O3/c1-13-21(14-3-7-16(26)8-4-14)31-25(33(13)22-19(27)11-18(35-2)12-20(22)28)32-23(34)15-5-9-17(10-6-15)36-24(29)30/h3-12,24H,1-2H3,(H,31,32,34). The number of hydrogen-bond donors (Lipinski definition) is 1. The topological polar surface area (TPSA) is 65.4 Å². The summed E-state index contributed by atoms with van der Waals surface area (Å²) in [6, 6.07) is 13.5. The van der Waals surface area contributed by atoms with Gasteiger partial charge in [-0.05, 0) is 43.3 Å². The van der Waals surface area contributed by atoms with E-state index in [0.29, 0.717) is 22.0 Å². The molecule has 0 radical (unpaired) electrons. The van der Waals surface area contributed by atoms with E-state index in [4.69, 9.17) is 16.3 Å². The first kappa shape index (κ1) is 25.1. The molecule has 0 saturated heterocycles. The molecule has 1 amide bonds. The maximum Gasteiger partial charge on any atom is 0.387 e. The number of aromatic nitrogens is 2. The van der Waals surface area contributed by atoms with Crippen molar-refractivity contribution in [3.05, 3.63) is 88.6 Å². The Hall–Kier alpha value is -4.05. The van der Waals surface area contributed by atoms with Gasteiger partial charge in [0.25, 0.3) is 5.91 Å². The molecule has 3 aromatic carbocycles. The normalized spacial score (nSPS) is 11.0. The molecule has 186 valence electrons. The molecule has 0 aliphatic carbocycles. The Labute approximate surface area is 208 Å². The number of benzene rings is 3. The van der Waals surface area contributed by atoms with Crippen LogP contribution in [0, 0.1) is 18.6 Å². The van der Waals surface area contributed by atoms with E-state index in [0.717, 1.165) is 16.7 Å². The third-order valence-corrected chi connectivity index (χ3v) is 5.49. The maximum atomic E-state index is 15.0. The monoisotopic (exact) mass is 519 g/mol. The number of halogens is 5. The summed E-state index contributed by atoms with van der Waals surface area (Å²) in [6.07, 6.45) is 0. The average Bonchev–Trinajstić information content (AvgIpc) is 3.14. The number of nitrogens with zero attached hydrogens (tertiary/aromatic N) is 2. The van der Waals surface area contributed by atoms with E-state index in [9.17, 15) is 13.6 Å². The smallest absolute Gasteiger partial charge is 0.387 e. The van der Waals surface area contributed by atoms with E-state index < -0.39 is 29.8 Å². The van der Waals surface area contributed by atoms with Gasteiger partial charge in [0.15, 0.2) is 11.6 Å². The molecule has 0 aliphatic rings. The summed E-state index contributed by atoms with van der Waals surface area (Å²) in [4.78, 5) is 17.4. The first-order valence-electron chi connectivity index (χ1n) is 10.4. The fourth-order valence-corrected chi connectivity index (χ4v) is 3.70. The number of alkyl halides is 2. The third kappa shape index (κ3) is 5.13. The van der Waals surface area contributed by atoms with Gasteiger partial charge in [-0.1, -0.05) is 23.7 Å². The summed E-state index contributed by atoms with van der Waals surface area (Å²) in [5, 5.41) is 3.03. The summed E-state index contributed by atoms with van der Waals surface area (Å²) in [5.41, 5.74) is 0.868. The summed E-state index contributed by atoms with van der Waals surface area (Å²) >= 11 is 5.97. The van der Waals surface area contributed by atoms with Crippen LogP contribution in [0.5, 0.6) is 11.5 Å². The number of nitrogens with one attached hydrogen (secondary N) is 1. The highest BCUT2D eigenvalue weighted by atomic mass is 35.5. The number of methoxy groups -OCH3 is 1. The van der Waals surface area contributed by atoms with Crippen LogP contribution >= 0.6 is 11.6 Å². The van der Waals surface area contributed by atoms with Crippen molar-refractivity contribution < 1.29 is 31.8 Å². The average molecular weight is 520 g/mol. The van der Waals surface area contributed by atoms with Gasteiger partial charge >= 0.3 is 6.61 Å². The van der Waals surface area contributed by atoms with Crippen LogP contribution in [0.4, 0.5) is 23.5 Å². The zero-order chi connectivity index (χ0) is 26.0. The van der Waals surface area contributed by atoms with E-state index in [2.05, 4.69) is 15.0 Å². The lowest BCUT2D eigenvalue weighted by molar-refractivity contribution is -0.0498. The van der Waals surface area contributed by atoms with Crippen LogP contribution in [0.15, 0.2) is 60.7 Å². The molecule has 0 bridgehead atoms. The van der Waals surface area contributed by atoms with Crippen LogP contribution in [0.3, 0.4) is 0 Å². The van der Waals surface area contributed by atoms with E-state index in [1.165, 1.54) is 31.4 Å². The van der Waals surface area contributed by atoms with E-state index in [1.807, 2.05) is 0 Å². The molecule has 0 spiro atoms. The van der Waals surface area contributed by atoms with Crippen molar-refractivity contribution in [2.45, 2.75) is 13.5 Å². The van der Waals surface area contributed by atoms with Gasteiger partial charge in [0.2, 0.25) is 5.95 Å². The molecule has 1 N–H and O–H groups in total. The summed E-state index contributed by atoms with van der Waals surface area (Å²) in [7, 11) is 1.28. The minimum atomic E-state index is -3.01. The van der Waals surface area contributed by atoms with Gasteiger partial charge in [-0.15, -0.1) is 0 Å². The minimum Gasteiger partial charge on any atom is -0.497 e. The van der Waals surface area contributed by atoms with Crippen molar-refractivity contribution in [1.29, 1.82) is 0 Å². The van der Waals surface area contributed by atoms with Crippen LogP contribution in [0.25, 0.3) is 16.9 Å². The van der Waals surface area contributed by atoms with E-state index in [-0.39, 0.29) is 23.0 Å². The van der Waals surface area contributed by atoms with Crippen molar-refractivity contribution >= 4 is 23.5 Å². The molecule has 1 heterocycles. The quantitative estimate of drug-likeness (QED) is 0.278. The summed E-state index contributed by atoms with van der Waals surface area (Å²) < 4.78 is 65.2. The van der Waals surface area contributed by atoms with Gasteiger partial charge in [0.05, 0.1) is 12.8 Å². The molecule has 0 unspecified atom stereocenters. The Morgan fingerprint density at radius 3 is 2.17 bits per heavy atom. The van der Waals surface area contributed by atoms with Crippen molar-refractivity contribution in [1.82, 2.24) is 9.55 Å². The Balaban J connectivity index is 1.79. The molecule has 6 nitrogen and oxygen atoms in total. The second-order valence-corrected chi connectivity index (χ2v) is 7.94. The molecule has 0 atom stereocenters. The molecule has 4 aromatic rings. The number of anilines is 1. The van der Waals surface area contributed by atoms with Crippen LogP contribution in [-0.4, -0.2) is 29.2 Å². The fraction of sp³-hybridized carbons (Fsp3) is 0.120. The lowest BCUT2D eigenvalue weighted by Gasteiger charge is -2.14. The zero-order valence-corrected chi connectivity index (χ0v) is 19.6. The Bertz CT molecular complexity index is 1380. The van der Waals surface area contributed by atoms with Gasteiger partial charge in [-0.2, -0.15) is 8.78 Å². The zero-order valence-electron chi connectivity index (χ0n) is 18.9. The number of carbonyl (C=O) groups excluding carboxylic acids is 1. The molecule has 1 aromatic heterocycles. The van der Waals surface area contributed by atoms with E-state index >= 15 is 8.78 Å². The van der Waals surface area contributed by atoms with Gasteiger partial charge in [-0.3, -0.25) is 14.7 Å². The van der Waals surface area contributed by atoms with Crippen molar-refractivity contribution in [3.8, 4) is 28.4 Å². The molecule has 11 heteroatoms. The van der Waals surface area contributed by atoms with Gasteiger partial charge in [0.1, 0.15) is 17.2 Å². The number of ether oxygens (including phenoxy) is 2. The molecular formula is C25H18ClF4N3O3. The second-order valence-electron chi connectivity index (χ2n) is 7.51. The molecule has 36 heavy (non-hydrogen) atoms. The van der Waals surface area contributed by atoms with Crippen LogP contribution < -0.4 is 14.8 Å². The molecular weight excluding hydrogens is 502 g/mol. The number of imidazole rings is 1. The minimum absolute atomic E-state index is 0.0267. The Kier molecular flexibility index (Phi) is 7.16. The summed E-state index contributed by atoms with van der Waals surface area (Å²) in [5.74, 6) is -2.91. The Morgan fingerprint density at radius 2 is 1.61 bits per heavy atom. The first-order valence-corrected chi connectivity index (χ1v) is 10.8. The molecule has 0 saturated carbocycles. The van der Waals surface area contributed by atoms with E-state index in [1.54, 1.807) is 31.2 Å². The highest BCUT2D eigenvalue weighted by Crippen LogP contribution is 2.33. The predicted molar refractivity (Wildman–Crippen MR) is 126 cm³/mol. The van der Waals surface area contributed by atoms with Crippen molar-refractivity contribution in [3.63, 3.8) is 0 Å². The predicted octanol–water partition coefficient (Wildman–Crippen LogP) is 6.64. The fourth-order valence-electron chi connectivity index (χ4n) is 3.58. The molecule has 0 aliphatic heterocycles. The summed E-state index contributed by atoms with van der Waals surface area (Å²) in [6.45, 7) is -1.42. The SMILES string of the molecule is COc1cc(F)c(-n2c(NC(=O)c3ccc(OC(F)F)cc3)nc(-c3ccc(Cl)cc3)c2C)c(F)c1. The van der Waals surface area contributed by atoms with Gasteiger partial charge in [-0.25, -0.2) is 13.8 Å². The first-order chi connectivity index (χ1) is 17.2. The van der Waals surface area contributed by atoms with Crippen LogP contribution in [0.1, 0.15) is 16.1 Å². The number of hydrogen-bond acceptors (Lipinski definition) is 4. The van der Waals surface area contributed by atoms with Gasteiger partial charge < -0.3 is 9.47 Å². The Morgan fingerprint density at radius 1 is 1.00 bits per heavy atom. The highest BCUT2D eigenvalue weighted by molar-refractivity contribution is 6.30. The van der Waals surface area contributed by atoms with Crippen molar-refractivity contribution in [2.24, 2.45) is 0 Å². The van der Waals surface area contributed by atoms with Crippen molar-refractivity contribution in [2.75, 3.05) is 12.4 Å². The molecule has 4 rings (SSSR count). The van der Waals surface area contributed by atoms with Gasteiger partial charge in [0, 0.05) is 34.0 Å². The third-order valence-electron chi connectivity index (χ3n) is 5.24. The maximum absolute atomic E-state index is 15.0. The lowest BCUT2D eigenvalue weighted by atomic mass is 10.1. The molecule has 0 fully saturated rings. The highest BCUT2D eigenvalue weighted by Gasteiger charge is 2.24. The van der Waals surface area contributed by atoms with Crippen LogP contribution in [-0.2, 0) is 0 Å². The number of amides is 1. The lowest BCUT2D eigenvalue weighted by Crippen LogP contribution is -2.17. The van der Waals surface area contributed by atoms with Crippen LogP contribution in [0.2, 0.25) is 5.02 Å². The number of rotatable bonds is 7.